The molecule has 33 heavy (non-hydrogen) atoms. The van der Waals surface area contributed by atoms with Crippen LogP contribution in [0.25, 0.3) is 17.1 Å². The molecule has 8 heteroatoms. The van der Waals surface area contributed by atoms with E-state index in [9.17, 15) is 20.1 Å². The highest BCUT2D eigenvalue weighted by atomic mass is 16.4. The fourth-order valence-corrected chi connectivity index (χ4v) is 4.31. The van der Waals surface area contributed by atoms with Crippen LogP contribution in [0.3, 0.4) is 0 Å². The van der Waals surface area contributed by atoms with Crippen molar-refractivity contribution in [1.82, 2.24) is 19.7 Å². The molecule has 1 aliphatic rings. The van der Waals surface area contributed by atoms with E-state index in [1.54, 1.807) is 6.07 Å². The van der Waals surface area contributed by atoms with Crippen molar-refractivity contribution in [3.8, 4) is 28.6 Å². The zero-order valence-corrected chi connectivity index (χ0v) is 19.2. The lowest BCUT2D eigenvalue weighted by atomic mass is 9.98. The molecule has 3 N–H and O–H groups in total. The third-order valence-electron chi connectivity index (χ3n) is 6.34. The summed E-state index contributed by atoms with van der Waals surface area (Å²) in [6.45, 7) is 9.15. The average Bonchev–Trinajstić information content (AvgIpc) is 3.21. The number of piperidine rings is 1. The highest BCUT2D eigenvalue weighted by Gasteiger charge is 2.24. The first-order valence-corrected chi connectivity index (χ1v) is 11.3. The molecule has 2 heterocycles. The van der Waals surface area contributed by atoms with E-state index in [4.69, 9.17) is 0 Å². The molecule has 1 fully saturated rings. The maximum atomic E-state index is 11.9. The van der Waals surface area contributed by atoms with Crippen molar-refractivity contribution >= 4 is 5.97 Å². The Hall–Kier alpha value is -3.39. The van der Waals surface area contributed by atoms with Gasteiger partial charge in [-0.2, -0.15) is 0 Å². The Morgan fingerprint density at radius 1 is 1.06 bits per heavy atom. The van der Waals surface area contributed by atoms with Crippen LogP contribution in [0.2, 0.25) is 0 Å². The van der Waals surface area contributed by atoms with Gasteiger partial charge in [0.05, 0.1) is 5.56 Å². The number of carbonyl (C=O) groups is 1. The summed E-state index contributed by atoms with van der Waals surface area (Å²) in [6.07, 6.45) is 2.41. The van der Waals surface area contributed by atoms with Crippen molar-refractivity contribution in [3.05, 3.63) is 53.3 Å². The Kier molecular flexibility index (Phi) is 6.37. The van der Waals surface area contributed by atoms with Gasteiger partial charge in [0.2, 0.25) is 5.82 Å². The summed E-state index contributed by atoms with van der Waals surface area (Å²) >= 11 is 0. The van der Waals surface area contributed by atoms with E-state index in [0.29, 0.717) is 16.8 Å². The van der Waals surface area contributed by atoms with E-state index in [1.807, 2.05) is 38.1 Å². The number of aromatic carboxylic acids is 1. The van der Waals surface area contributed by atoms with Gasteiger partial charge in [-0.1, -0.05) is 32.9 Å². The summed E-state index contributed by atoms with van der Waals surface area (Å²) in [7, 11) is 0. The van der Waals surface area contributed by atoms with Crippen LogP contribution in [0, 0.1) is 5.92 Å². The Balaban J connectivity index is 1.71. The predicted octanol–water partition coefficient (Wildman–Crippen LogP) is 4.40. The molecular formula is C25H30N4O4. The first-order valence-electron chi connectivity index (χ1n) is 11.3. The minimum atomic E-state index is -1.22. The number of likely N-dealkylation sites (tertiary alicyclic amines) is 1. The molecule has 2 aromatic carbocycles. The van der Waals surface area contributed by atoms with Gasteiger partial charge in [0.1, 0.15) is 11.5 Å². The molecule has 4 rings (SSSR count). The zero-order chi connectivity index (χ0) is 23.7. The molecule has 0 radical (unpaired) electrons. The minimum absolute atomic E-state index is 0.00303. The van der Waals surface area contributed by atoms with Crippen molar-refractivity contribution < 1.29 is 20.1 Å². The fraction of sp³-hybridized carbons (Fsp3) is 0.400. The second-order valence-corrected chi connectivity index (χ2v) is 9.20. The van der Waals surface area contributed by atoms with Crippen molar-refractivity contribution in [3.63, 3.8) is 0 Å². The summed E-state index contributed by atoms with van der Waals surface area (Å²) in [5.74, 6) is -0.714. The van der Waals surface area contributed by atoms with Crippen LogP contribution >= 0.6 is 0 Å². The van der Waals surface area contributed by atoms with E-state index < -0.39 is 5.97 Å². The molecule has 0 atom stereocenters. The van der Waals surface area contributed by atoms with Crippen LogP contribution < -0.4 is 0 Å². The van der Waals surface area contributed by atoms with Gasteiger partial charge in [0.15, 0.2) is 5.82 Å². The lowest BCUT2D eigenvalue weighted by Crippen LogP contribution is -2.32. The van der Waals surface area contributed by atoms with E-state index >= 15 is 0 Å². The number of benzene rings is 2. The van der Waals surface area contributed by atoms with Crippen LogP contribution in [0.15, 0.2) is 36.4 Å². The molecule has 0 amide bonds. The first kappa shape index (κ1) is 22.8. The van der Waals surface area contributed by atoms with Gasteiger partial charge in [-0.05, 0) is 67.1 Å². The number of rotatable bonds is 6. The zero-order valence-electron chi connectivity index (χ0n) is 19.2. The fourth-order valence-electron chi connectivity index (χ4n) is 4.31. The smallest absolute Gasteiger partial charge is 0.374 e. The molecule has 0 unspecified atom stereocenters. The minimum Gasteiger partial charge on any atom is -0.508 e. The number of phenols is 2. The van der Waals surface area contributed by atoms with Crippen LogP contribution in [-0.4, -0.2) is 54.0 Å². The van der Waals surface area contributed by atoms with Gasteiger partial charge in [-0.3, -0.25) is 9.47 Å². The number of nitrogens with zero attached hydrogens (tertiary/aromatic N) is 4. The van der Waals surface area contributed by atoms with E-state index in [1.165, 1.54) is 23.5 Å². The quantitative estimate of drug-likeness (QED) is 0.510. The number of aromatic hydroxyl groups is 2. The number of carboxylic acid groups (broad SMARTS) is 1. The molecule has 1 saturated heterocycles. The highest BCUT2D eigenvalue weighted by molar-refractivity contribution is 5.86. The largest absolute Gasteiger partial charge is 0.508 e. The summed E-state index contributed by atoms with van der Waals surface area (Å²) < 4.78 is 1.42. The molecule has 3 aromatic rings. The Labute approximate surface area is 193 Å². The maximum absolute atomic E-state index is 11.9. The summed E-state index contributed by atoms with van der Waals surface area (Å²) in [5, 5.41) is 38.4. The Morgan fingerprint density at radius 3 is 2.33 bits per heavy atom. The van der Waals surface area contributed by atoms with Crippen molar-refractivity contribution in [1.29, 1.82) is 0 Å². The number of aromatic nitrogens is 3. The second kappa shape index (κ2) is 9.23. The number of carboxylic acids is 1. The van der Waals surface area contributed by atoms with Gasteiger partial charge >= 0.3 is 5.97 Å². The number of phenolic OH excluding ortho intramolecular Hbond substituents is 2. The predicted molar refractivity (Wildman–Crippen MR) is 125 cm³/mol. The molecule has 0 bridgehead atoms. The maximum Gasteiger partial charge on any atom is 0.374 e. The van der Waals surface area contributed by atoms with E-state index in [2.05, 4.69) is 22.0 Å². The normalized spacial score (nSPS) is 15.3. The number of hydrogen-bond acceptors (Lipinski definition) is 6. The SMILES string of the molecule is CC1CCN(Cc2ccc(-n3c(C(=O)O)nnc3-c3cc(C(C)C)c(O)cc3O)cc2)CC1. The van der Waals surface area contributed by atoms with Gasteiger partial charge in [0.25, 0.3) is 0 Å². The molecule has 0 aliphatic carbocycles. The lowest BCUT2D eigenvalue weighted by molar-refractivity contribution is 0.0681. The summed E-state index contributed by atoms with van der Waals surface area (Å²) in [4.78, 5) is 14.3. The average molecular weight is 451 g/mol. The van der Waals surface area contributed by atoms with Gasteiger partial charge < -0.3 is 15.3 Å². The lowest BCUT2D eigenvalue weighted by Gasteiger charge is -2.30. The van der Waals surface area contributed by atoms with E-state index in [-0.39, 0.29) is 29.1 Å². The van der Waals surface area contributed by atoms with Gasteiger partial charge in [-0.15, -0.1) is 10.2 Å². The monoisotopic (exact) mass is 450 g/mol. The third kappa shape index (κ3) is 4.71. The molecule has 1 aliphatic heterocycles. The van der Waals surface area contributed by atoms with Gasteiger partial charge in [-0.25, -0.2) is 4.79 Å². The number of hydrogen-bond donors (Lipinski definition) is 3. The molecular weight excluding hydrogens is 420 g/mol. The van der Waals surface area contributed by atoms with Crippen molar-refractivity contribution in [2.24, 2.45) is 5.92 Å². The van der Waals surface area contributed by atoms with Crippen LogP contribution in [0.4, 0.5) is 0 Å². The summed E-state index contributed by atoms with van der Waals surface area (Å²) in [5.41, 5.74) is 2.67. The van der Waals surface area contributed by atoms with Crippen molar-refractivity contribution in [2.75, 3.05) is 13.1 Å². The van der Waals surface area contributed by atoms with Crippen LogP contribution in [0.5, 0.6) is 11.5 Å². The molecule has 0 spiro atoms. The Bertz CT molecular complexity index is 1150. The second-order valence-electron chi connectivity index (χ2n) is 9.20. The molecule has 1 aromatic heterocycles. The standard InChI is InChI=1S/C25H30N4O4/c1-15(2)19-12-20(22(31)13-21(19)30)23-26-27-24(25(32)33)29(23)18-6-4-17(5-7-18)14-28-10-8-16(3)9-11-28/h4-7,12-13,15-16,30-31H,8-11,14H2,1-3H3,(H,32,33). The molecule has 174 valence electrons. The molecule has 8 nitrogen and oxygen atoms in total. The summed E-state index contributed by atoms with van der Waals surface area (Å²) in [6, 6.07) is 10.6. The third-order valence-corrected chi connectivity index (χ3v) is 6.34. The molecule has 0 saturated carbocycles. The van der Waals surface area contributed by atoms with Crippen LogP contribution in [-0.2, 0) is 6.54 Å². The Morgan fingerprint density at radius 2 is 1.73 bits per heavy atom. The highest BCUT2D eigenvalue weighted by Crippen LogP contribution is 2.38. The topological polar surface area (TPSA) is 112 Å². The first-order chi connectivity index (χ1) is 15.7. The van der Waals surface area contributed by atoms with Gasteiger partial charge in [0, 0.05) is 18.3 Å². The van der Waals surface area contributed by atoms with Crippen molar-refractivity contribution in [2.45, 2.75) is 46.1 Å². The van der Waals surface area contributed by atoms with Crippen LogP contribution in [0.1, 0.15) is 61.3 Å². The van der Waals surface area contributed by atoms with E-state index in [0.717, 1.165) is 31.1 Å².